The second-order valence-electron chi connectivity index (χ2n) is 3.79. The van der Waals surface area contributed by atoms with Crippen LogP contribution in [0.5, 0.6) is 0 Å². The van der Waals surface area contributed by atoms with Gasteiger partial charge in [0.25, 0.3) is 0 Å². The molecule has 0 aliphatic rings. The second-order valence-corrected chi connectivity index (χ2v) is 3.79. The van der Waals surface area contributed by atoms with Crippen LogP contribution in [-0.4, -0.2) is 43.9 Å². The molecular weight excluding hydrogens is 208 g/mol. The Hall–Kier alpha value is -0.650. The smallest absolute Gasteiger partial charge is 0.222 e. The molecule has 4 N–H and O–H groups in total. The Bertz CT molecular complexity index is 173. The van der Waals surface area contributed by atoms with Gasteiger partial charge in [-0.25, -0.2) is 0 Å². The van der Waals surface area contributed by atoms with Gasteiger partial charge in [0, 0.05) is 26.8 Å². The Kier molecular flexibility index (Phi) is 10.4. The molecule has 0 radical (unpaired) electrons. The molecule has 0 bridgehead atoms. The third kappa shape index (κ3) is 8.64. The van der Waals surface area contributed by atoms with Gasteiger partial charge in [-0.05, 0) is 12.8 Å². The van der Waals surface area contributed by atoms with E-state index in [1.165, 1.54) is 0 Å². The molecule has 0 aliphatic carbocycles. The number of hydrogen-bond acceptors (Lipinski definition) is 4. The maximum atomic E-state index is 11.4. The number of aliphatic hydroxyl groups excluding tert-OH is 1. The lowest BCUT2D eigenvalue weighted by Crippen LogP contribution is -2.32. The minimum atomic E-state index is -0.186. The third-order valence-corrected chi connectivity index (χ3v) is 2.42. The van der Waals surface area contributed by atoms with Crippen molar-refractivity contribution in [1.29, 1.82) is 0 Å². The summed E-state index contributed by atoms with van der Waals surface area (Å²) in [5.74, 6) is -0.0144. The van der Waals surface area contributed by atoms with Crippen molar-refractivity contribution in [3.63, 3.8) is 0 Å². The Morgan fingerprint density at radius 3 is 2.62 bits per heavy atom. The summed E-state index contributed by atoms with van der Waals surface area (Å²) < 4.78 is 5.02. The molecule has 0 heterocycles. The molecule has 0 spiro atoms. The second kappa shape index (κ2) is 10.9. The zero-order chi connectivity index (χ0) is 12.2. The molecule has 0 saturated heterocycles. The van der Waals surface area contributed by atoms with Crippen LogP contribution in [0.15, 0.2) is 0 Å². The number of methoxy groups -OCH3 is 1. The molecule has 0 aromatic heterocycles. The first-order valence-corrected chi connectivity index (χ1v) is 5.85. The maximum absolute atomic E-state index is 11.4. The predicted octanol–water partition coefficient (Wildman–Crippen LogP) is 0.0191. The lowest BCUT2D eigenvalue weighted by atomic mass is 10.2. The number of nitrogens with two attached hydrogens (primary N) is 1. The summed E-state index contributed by atoms with van der Waals surface area (Å²) >= 11 is 0. The fourth-order valence-electron chi connectivity index (χ4n) is 1.36. The van der Waals surface area contributed by atoms with Crippen molar-refractivity contribution >= 4 is 5.91 Å². The summed E-state index contributed by atoms with van der Waals surface area (Å²) in [6, 6.07) is 0. The van der Waals surface area contributed by atoms with Gasteiger partial charge in [0.1, 0.15) is 0 Å². The molecule has 0 aromatic carbocycles. The van der Waals surface area contributed by atoms with E-state index in [0.717, 1.165) is 25.7 Å². The van der Waals surface area contributed by atoms with E-state index >= 15 is 0 Å². The van der Waals surface area contributed by atoms with Crippen LogP contribution in [0.3, 0.4) is 0 Å². The largest absolute Gasteiger partial charge is 0.396 e. The lowest BCUT2D eigenvalue weighted by molar-refractivity contribution is -0.123. The number of hydrogen-bond donors (Lipinski definition) is 3. The quantitative estimate of drug-likeness (QED) is 0.464. The van der Waals surface area contributed by atoms with Gasteiger partial charge < -0.3 is 20.9 Å². The van der Waals surface area contributed by atoms with Crippen LogP contribution >= 0.6 is 0 Å². The first-order chi connectivity index (χ1) is 7.74. The van der Waals surface area contributed by atoms with E-state index in [1.54, 1.807) is 7.11 Å². The molecule has 96 valence electrons. The number of carbonyl (C=O) groups excluding carboxylic acids is 1. The molecule has 1 atom stereocenters. The molecular formula is C11H24N2O3. The predicted molar refractivity (Wildman–Crippen MR) is 63.0 cm³/mol. The first-order valence-electron chi connectivity index (χ1n) is 5.85. The van der Waals surface area contributed by atoms with E-state index in [1.807, 2.05) is 0 Å². The average Bonchev–Trinajstić information content (AvgIpc) is 2.30. The first kappa shape index (κ1) is 15.3. The van der Waals surface area contributed by atoms with Crippen LogP contribution in [-0.2, 0) is 9.53 Å². The Labute approximate surface area is 97.3 Å². The molecule has 5 nitrogen and oxygen atoms in total. The topological polar surface area (TPSA) is 84.6 Å². The summed E-state index contributed by atoms with van der Waals surface area (Å²) in [6.45, 7) is 1.30. The maximum Gasteiger partial charge on any atom is 0.222 e. The molecule has 0 fully saturated rings. The van der Waals surface area contributed by atoms with Gasteiger partial charge >= 0.3 is 0 Å². The number of ether oxygens (including phenoxy) is 1. The fraction of sp³-hybridized carbons (Fsp3) is 0.909. The highest BCUT2D eigenvalue weighted by Crippen LogP contribution is 1.98. The van der Waals surface area contributed by atoms with E-state index in [-0.39, 0.29) is 18.6 Å². The summed E-state index contributed by atoms with van der Waals surface area (Å²) in [4.78, 5) is 11.4. The zero-order valence-corrected chi connectivity index (χ0v) is 10.1. The molecule has 0 rings (SSSR count). The highest BCUT2D eigenvalue weighted by Gasteiger charge is 2.10. The van der Waals surface area contributed by atoms with Crippen LogP contribution in [0, 0.1) is 0 Å². The normalized spacial score (nSPS) is 12.4. The van der Waals surface area contributed by atoms with Gasteiger partial charge in [-0.2, -0.15) is 0 Å². The minimum Gasteiger partial charge on any atom is -0.396 e. The average molecular weight is 232 g/mol. The Morgan fingerprint density at radius 1 is 1.38 bits per heavy atom. The Morgan fingerprint density at radius 2 is 2.06 bits per heavy atom. The molecule has 1 amide bonds. The highest BCUT2D eigenvalue weighted by molar-refractivity contribution is 5.76. The molecule has 16 heavy (non-hydrogen) atoms. The standard InChI is InChI=1S/C11H24N2O3/c1-16-10(9-12)8-11(15)13-6-4-2-3-5-7-14/h10,14H,2-9,12H2,1H3,(H,13,15). The molecule has 0 aromatic rings. The van der Waals surface area contributed by atoms with Crippen molar-refractivity contribution in [3.05, 3.63) is 0 Å². The fourth-order valence-corrected chi connectivity index (χ4v) is 1.36. The van der Waals surface area contributed by atoms with Crippen molar-refractivity contribution < 1.29 is 14.6 Å². The third-order valence-electron chi connectivity index (χ3n) is 2.42. The van der Waals surface area contributed by atoms with E-state index in [2.05, 4.69) is 5.32 Å². The van der Waals surface area contributed by atoms with Gasteiger partial charge in [-0.15, -0.1) is 0 Å². The lowest BCUT2D eigenvalue weighted by Gasteiger charge is -2.12. The van der Waals surface area contributed by atoms with E-state index in [0.29, 0.717) is 19.5 Å². The van der Waals surface area contributed by atoms with Crippen LogP contribution in [0.4, 0.5) is 0 Å². The van der Waals surface area contributed by atoms with Gasteiger partial charge in [0.2, 0.25) is 5.91 Å². The highest BCUT2D eigenvalue weighted by atomic mass is 16.5. The Balaban J connectivity index is 3.36. The summed E-state index contributed by atoms with van der Waals surface area (Å²) in [5.41, 5.74) is 5.41. The van der Waals surface area contributed by atoms with Crippen molar-refractivity contribution in [2.24, 2.45) is 5.73 Å². The summed E-state index contributed by atoms with van der Waals surface area (Å²) in [7, 11) is 1.56. The monoisotopic (exact) mass is 232 g/mol. The number of nitrogens with one attached hydrogen (secondary N) is 1. The summed E-state index contributed by atoms with van der Waals surface area (Å²) in [5, 5.41) is 11.4. The number of unbranched alkanes of at least 4 members (excludes halogenated alkanes) is 3. The van der Waals surface area contributed by atoms with Gasteiger partial charge in [0.15, 0.2) is 0 Å². The SMILES string of the molecule is COC(CN)CC(=O)NCCCCCCO. The number of amides is 1. The van der Waals surface area contributed by atoms with Gasteiger partial charge in [-0.1, -0.05) is 12.8 Å². The van der Waals surface area contributed by atoms with E-state index in [9.17, 15) is 4.79 Å². The minimum absolute atomic E-state index is 0.0144. The molecule has 5 heteroatoms. The van der Waals surface area contributed by atoms with Crippen molar-refractivity contribution in [1.82, 2.24) is 5.32 Å². The van der Waals surface area contributed by atoms with E-state index < -0.39 is 0 Å². The summed E-state index contributed by atoms with van der Waals surface area (Å²) in [6.07, 6.45) is 3.97. The van der Waals surface area contributed by atoms with Gasteiger partial charge in [0.05, 0.1) is 12.5 Å². The van der Waals surface area contributed by atoms with Crippen LogP contribution in [0.1, 0.15) is 32.1 Å². The van der Waals surface area contributed by atoms with E-state index in [4.69, 9.17) is 15.6 Å². The van der Waals surface area contributed by atoms with Crippen molar-refractivity contribution in [2.75, 3.05) is 26.8 Å². The number of rotatable bonds is 10. The number of aliphatic hydroxyl groups is 1. The molecule has 0 aliphatic heterocycles. The van der Waals surface area contributed by atoms with Crippen molar-refractivity contribution in [3.8, 4) is 0 Å². The van der Waals surface area contributed by atoms with Crippen LogP contribution in [0.2, 0.25) is 0 Å². The number of carbonyl (C=O) groups is 1. The van der Waals surface area contributed by atoms with Gasteiger partial charge in [-0.3, -0.25) is 4.79 Å². The zero-order valence-electron chi connectivity index (χ0n) is 10.1. The van der Waals surface area contributed by atoms with Crippen molar-refractivity contribution in [2.45, 2.75) is 38.2 Å². The molecule has 1 unspecified atom stereocenters. The van der Waals surface area contributed by atoms with Crippen LogP contribution in [0.25, 0.3) is 0 Å². The molecule has 0 saturated carbocycles. The van der Waals surface area contributed by atoms with Crippen LogP contribution < -0.4 is 11.1 Å².